The molecule has 2 heterocycles. The number of aryl methyl sites for hydroxylation is 2. The summed E-state index contributed by atoms with van der Waals surface area (Å²) in [4.78, 5) is 6.63. The molecule has 0 aromatic carbocycles. The van der Waals surface area contributed by atoms with Crippen molar-refractivity contribution in [2.75, 3.05) is 19.7 Å². The summed E-state index contributed by atoms with van der Waals surface area (Å²) in [6.07, 6.45) is 1.99. The van der Waals surface area contributed by atoms with Gasteiger partial charge in [-0.15, -0.1) is 0 Å². The maximum absolute atomic E-state index is 10.5. The van der Waals surface area contributed by atoms with Crippen molar-refractivity contribution in [2.45, 2.75) is 46.3 Å². The van der Waals surface area contributed by atoms with Crippen LogP contribution in [0.1, 0.15) is 43.3 Å². The van der Waals surface area contributed by atoms with Crippen molar-refractivity contribution in [1.82, 2.24) is 14.5 Å². The number of aliphatic hydroxyl groups is 2. The molecular formula is C19H29N3O2. The monoisotopic (exact) mass is 331 g/mol. The average molecular weight is 331 g/mol. The first kappa shape index (κ1) is 18.6. The third-order valence-corrected chi connectivity index (χ3v) is 4.67. The molecule has 132 valence electrons. The minimum Gasteiger partial charge on any atom is -0.395 e. The maximum atomic E-state index is 10.5. The molecule has 0 saturated heterocycles. The average Bonchev–Trinajstić information content (AvgIpc) is 2.93. The Morgan fingerprint density at radius 2 is 1.79 bits per heavy atom. The normalized spacial score (nSPS) is 14.1. The Balaban J connectivity index is 2.12. The van der Waals surface area contributed by atoms with Gasteiger partial charge in [0, 0.05) is 35.7 Å². The Bertz CT molecular complexity index is 613. The molecule has 0 amide bonds. The lowest BCUT2D eigenvalue weighted by Crippen LogP contribution is -2.40. The van der Waals surface area contributed by atoms with E-state index in [1.807, 2.05) is 26.0 Å². The number of nitrogens with zero attached hydrogens (tertiary/aromatic N) is 3. The molecule has 0 fully saturated rings. The number of likely N-dealkylation sites (N-methyl/N-ethyl adjacent to an activating group) is 1. The molecule has 2 aromatic heterocycles. The first-order chi connectivity index (χ1) is 11.5. The van der Waals surface area contributed by atoms with Gasteiger partial charge in [0.25, 0.3) is 0 Å². The summed E-state index contributed by atoms with van der Waals surface area (Å²) < 4.78 is 2.09. The van der Waals surface area contributed by atoms with Crippen LogP contribution >= 0.6 is 0 Å². The standard InChI is InChI=1S/C19H29N3O2/c1-5-17(13-23)21(6-2)12-18(24)16-9-10-19(20-11-16)22-14(3)7-8-15(22)4/h7-11,17-18,23-24H,5-6,12-13H2,1-4H3/t17-,18-/m0/s1. The van der Waals surface area contributed by atoms with E-state index < -0.39 is 6.10 Å². The number of aromatic nitrogens is 2. The zero-order valence-electron chi connectivity index (χ0n) is 15.1. The van der Waals surface area contributed by atoms with Crippen molar-refractivity contribution >= 4 is 0 Å². The topological polar surface area (TPSA) is 61.5 Å². The Morgan fingerprint density at radius 1 is 1.12 bits per heavy atom. The Labute approximate surface area is 144 Å². The van der Waals surface area contributed by atoms with Gasteiger partial charge in [0.05, 0.1) is 12.7 Å². The van der Waals surface area contributed by atoms with Gasteiger partial charge in [0.2, 0.25) is 0 Å². The van der Waals surface area contributed by atoms with Crippen LogP contribution in [-0.2, 0) is 0 Å². The third kappa shape index (κ3) is 4.04. The van der Waals surface area contributed by atoms with Gasteiger partial charge in [0.15, 0.2) is 0 Å². The second kappa shape index (κ2) is 8.42. The summed E-state index contributed by atoms with van der Waals surface area (Å²) in [5.74, 6) is 0.861. The van der Waals surface area contributed by atoms with Crippen LogP contribution in [0.4, 0.5) is 0 Å². The molecule has 5 nitrogen and oxygen atoms in total. The minimum absolute atomic E-state index is 0.0852. The number of pyridine rings is 1. The fourth-order valence-electron chi connectivity index (χ4n) is 3.12. The minimum atomic E-state index is -0.612. The van der Waals surface area contributed by atoms with Crippen molar-refractivity contribution in [1.29, 1.82) is 0 Å². The lowest BCUT2D eigenvalue weighted by molar-refractivity contribution is 0.0638. The molecule has 24 heavy (non-hydrogen) atoms. The van der Waals surface area contributed by atoms with Crippen LogP contribution in [0, 0.1) is 13.8 Å². The van der Waals surface area contributed by atoms with E-state index in [9.17, 15) is 10.2 Å². The highest BCUT2D eigenvalue weighted by Crippen LogP contribution is 2.19. The van der Waals surface area contributed by atoms with E-state index in [0.29, 0.717) is 6.54 Å². The summed E-state index contributed by atoms with van der Waals surface area (Å²) in [5, 5.41) is 20.0. The SMILES string of the molecule is CC[C@@H](CO)N(CC)C[C@H](O)c1ccc(-n2c(C)ccc2C)nc1. The summed E-state index contributed by atoms with van der Waals surface area (Å²) in [7, 11) is 0. The molecule has 2 rings (SSSR count). The second-order valence-electron chi connectivity index (χ2n) is 6.25. The largest absolute Gasteiger partial charge is 0.395 e. The Hall–Kier alpha value is -1.69. The Kier molecular flexibility index (Phi) is 6.54. The van der Waals surface area contributed by atoms with Crippen molar-refractivity contribution < 1.29 is 10.2 Å². The fraction of sp³-hybridized carbons (Fsp3) is 0.526. The number of aliphatic hydroxyl groups excluding tert-OH is 2. The molecule has 2 aromatic rings. The molecule has 5 heteroatoms. The molecular weight excluding hydrogens is 302 g/mol. The summed E-state index contributed by atoms with van der Waals surface area (Å²) >= 11 is 0. The van der Waals surface area contributed by atoms with Crippen LogP contribution in [0.2, 0.25) is 0 Å². The predicted octanol–water partition coefficient (Wildman–Crippen LogP) is 2.62. The lowest BCUT2D eigenvalue weighted by atomic mass is 10.1. The highest BCUT2D eigenvalue weighted by atomic mass is 16.3. The maximum Gasteiger partial charge on any atom is 0.136 e. The molecule has 0 bridgehead atoms. The zero-order valence-corrected chi connectivity index (χ0v) is 15.1. The molecule has 0 spiro atoms. The van der Waals surface area contributed by atoms with E-state index in [2.05, 4.69) is 40.4 Å². The molecule has 0 radical (unpaired) electrons. The molecule has 2 atom stereocenters. The van der Waals surface area contributed by atoms with E-state index in [1.165, 1.54) is 0 Å². The molecule has 0 aliphatic heterocycles. The van der Waals surface area contributed by atoms with E-state index in [4.69, 9.17) is 0 Å². The smallest absolute Gasteiger partial charge is 0.136 e. The van der Waals surface area contributed by atoms with Gasteiger partial charge in [-0.25, -0.2) is 4.98 Å². The summed E-state index contributed by atoms with van der Waals surface area (Å²) in [6.45, 7) is 9.60. The third-order valence-electron chi connectivity index (χ3n) is 4.67. The van der Waals surface area contributed by atoms with E-state index in [0.717, 1.165) is 35.7 Å². The first-order valence-corrected chi connectivity index (χ1v) is 8.66. The van der Waals surface area contributed by atoms with Gasteiger partial charge in [-0.3, -0.25) is 4.90 Å². The van der Waals surface area contributed by atoms with E-state index in [-0.39, 0.29) is 12.6 Å². The van der Waals surface area contributed by atoms with E-state index in [1.54, 1.807) is 6.20 Å². The van der Waals surface area contributed by atoms with Gasteiger partial charge >= 0.3 is 0 Å². The van der Waals surface area contributed by atoms with Crippen LogP contribution in [0.5, 0.6) is 0 Å². The molecule has 0 unspecified atom stereocenters. The highest BCUT2D eigenvalue weighted by molar-refractivity contribution is 5.33. The van der Waals surface area contributed by atoms with E-state index >= 15 is 0 Å². The van der Waals surface area contributed by atoms with Gasteiger partial charge in [-0.05, 0) is 45.0 Å². The fourth-order valence-corrected chi connectivity index (χ4v) is 3.12. The highest BCUT2D eigenvalue weighted by Gasteiger charge is 2.19. The molecule has 0 saturated carbocycles. The first-order valence-electron chi connectivity index (χ1n) is 8.66. The molecule has 0 aliphatic rings. The van der Waals surface area contributed by atoms with Crippen molar-refractivity contribution in [3.05, 3.63) is 47.4 Å². The van der Waals surface area contributed by atoms with Gasteiger partial charge in [-0.2, -0.15) is 0 Å². The van der Waals surface area contributed by atoms with Gasteiger partial charge in [-0.1, -0.05) is 19.9 Å². The lowest BCUT2D eigenvalue weighted by Gasteiger charge is -2.30. The zero-order chi connectivity index (χ0) is 17.7. The van der Waals surface area contributed by atoms with Crippen molar-refractivity contribution in [3.8, 4) is 5.82 Å². The van der Waals surface area contributed by atoms with Crippen LogP contribution in [-0.4, -0.2) is 50.4 Å². The summed E-state index contributed by atoms with van der Waals surface area (Å²) in [6, 6.07) is 8.09. The van der Waals surface area contributed by atoms with Gasteiger partial charge in [0.1, 0.15) is 5.82 Å². The number of hydrogen-bond acceptors (Lipinski definition) is 4. The molecule has 2 N–H and O–H groups in total. The number of rotatable bonds is 8. The van der Waals surface area contributed by atoms with Crippen molar-refractivity contribution in [3.63, 3.8) is 0 Å². The number of hydrogen-bond donors (Lipinski definition) is 2. The van der Waals surface area contributed by atoms with Crippen LogP contribution < -0.4 is 0 Å². The van der Waals surface area contributed by atoms with Crippen molar-refractivity contribution in [2.24, 2.45) is 0 Å². The quantitative estimate of drug-likeness (QED) is 0.780. The predicted molar refractivity (Wildman–Crippen MR) is 96.4 cm³/mol. The van der Waals surface area contributed by atoms with Gasteiger partial charge < -0.3 is 14.8 Å². The Morgan fingerprint density at radius 3 is 2.25 bits per heavy atom. The molecule has 0 aliphatic carbocycles. The van der Waals surface area contributed by atoms with Crippen LogP contribution in [0.3, 0.4) is 0 Å². The van der Waals surface area contributed by atoms with Crippen LogP contribution in [0.25, 0.3) is 5.82 Å². The summed E-state index contributed by atoms with van der Waals surface area (Å²) in [5.41, 5.74) is 3.07. The van der Waals surface area contributed by atoms with Crippen LogP contribution in [0.15, 0.2) is 30.5 Å². The second-order valence-corrected chi connectivity index (χ2v) is 6.25.